The van der Waals surface area contributed by atoms with Crippen LogP contribution < -0.4 is 10.6 Å². The number of fused-ring (bicyclic) bond motifs is 1. The summed E-state index contributed by atoms with van der Waals surface area (Å²) in [5, 5.41) is 6.24. The number of alkyl halides is 3. The van der Waals surface area contributed by atoms with Gasteiger partial charge in [-0.15, -0.1) is 11.3 Å². The first-order valence-electron chi connectivity index (χ1n) is 7.39. The van der Waals surface area contributed by atoms with E-state index in [1.807, 2.05) is 13.0 Å². The van der Waals surface area contributed by atoms with Gasteiger partial charge in [0.1, 0.15) is 0 Å². The predicted molar refractivity (Wildman–Crippen MR) is 91.7 cm³/mol. The molecule has 2 N–H and O–H groups in total. The maximum absolute atomic E-state index is 12.5. The van der Waals surface area contributed by atoms with Gasteiger partial charge in [0.2, 0.25) is 0 Å². The Morgan fingerprint density at radius 3 is 2.56 bits per heavy atom. The number of hydrogen-bond donors (Lipinski definition) is 2. The van der Waals surface area contributed by atoms with Gasteiger partial charge in [-0.2, -0.15) is 13.2 Å². The predicted octanol–water partition coefficient (Wildman–Crippen LogP) is 4.95. The Balaban J connectivity index is 1.58. The zero-order valence-corrected chi connectivity index (χ0v) is 14.0. The number of carbonyl (C=O) groups is 1. The molecule has 8 heteroatoms. The summed E-state index contributed by atoms with van der Waals surface area (Å²) in [6.07, 6.45) is -4.37. The first-order valence-corrected chi connectivity index (χ1v) is 8.21. The molecule has 0 aliphatic carbocycles. The molecule has 2 amide bonds. The number of anilines is 1. The molecule has 0 unspecified atom stereocenters. The molecule has 1 aromatic heterocycles. The zero-order valence-electron chi connectivity index (χ0n) is 13.1. The molecule has 3 aromatic rings. The number of aromatic nitrogens is 1. The minimum Gasteiger partial charge on any atom is -0.334 e. The number of benzene rings is 2. The van der Waals surface area contributed by atoms with Gasteiger partial charge in [-0.25, -0.2) is 9.78 Å². The molecule has 0 saturated heterocycles. The lowest BCUT2D eigenvalue weighted by Gasteiger charge is -2.09. The van der Waals surface area contributed by atoms with Crippen molar-refractivity contribution >= 4 is 33.3 Å². The number of nitrogens with zero attached hydrogens (tertiary/aromatic N) is 1. The lowest BCUT2D eigenvalue weighted by molar-refractivity contribution is -0.137. The van der Waals surface area contributed by atoms with Gasteiger partial charge in [0.15, 0.2) is 0 Å². The summed E-state index contributed by atoms with van der Waals surface area (Å²) in [5.41, 5.74) is 1.27. The molecular weight excluding hydrogens is 351 g/mol. The van der Waals surface area contributed by atoms with Crippen molar-refractivity contribution in [3.05, 3.63) is 58.6 Å². The molecule has 25 heavy (non-hydrogen) atoms. The highest BCUT2D eigenvalue weighted by atomic mass is 32.1. The van der Waals surface area contributed by atoms with E-state index in [0.29, 0.717) is 11.3 Å². The number of rotatable bonds is 3. The van der Waals surface area contributed by atoms with Crippen LogP contribution in [0.3, 0.4) is 0 Å². The molecule has 2 aromatic carbocycles. The molecule has 0 saturated carbocycles. The average molecular weight is 365 g/mol. The van der Waals surface area contributed by atoms with Crippen LogP contribution in [0.25, 0.3) is 10.2 Å². The Hall–Kier alpha value is -2.61. The smallest absolute Gasteiger partial charge is 0.334 e. The van der Waals surface area contributed by atoms with Gasteiger partial charge in [-0.1, -0.05) is 12.1 Å². The van der Waals surface area contributed by atoms with Gasteiger partial charge in [-0.3, -0.25) is 0 Å². The van der Waals surface area contributed by atoms with Crippen LogP contribution in [0.15, 0.2) is 42.5 Å². The number of thiazole rings is 1. The van der Waals surface area contributed by atoms with E-state index < -0.39 is 17.8 Å². The Kier molecular flexibility index (Phi) is 4.63. The van der Waals surface area contributed by atoms with Crippen LogP contribution in [0.2, 0.25) is 0 Å². The lowest BCUT2D eigenvalue weighted by atomic mass is 10.1. The monoisotopic (exact) mass is 365 g/mol. The van der Waals surface area contributed by atoms with E-state index in [4.69, 9.17) is 0 Å². The Bertz CT molecular complexity index is 904. The fourth-order valence-electron chi connectivity index (χ4n) is 2.29. The molecule has 3 rings (SSSR count). The Labute approximate surface area is 145 Å². The number of halogens is 3. The largest absolute Gasteiger partial charge is 0.416 e. The summed E-state index contributed by atoms with van der Waals surface area (Å²) < 4.78 is 38.5. The maximum atomic E-state index is 12.5. The van der Waals surface area contributed by atoms with E-state index in [9.17, 15) is 18.0 Å². The Morgan fingerprint density at radius 2 is 1.88 bits per heavy atom. The van der Waals surface area contributed by atoms with Gasteiger partial charge < -0.3 is 10.6 Å². The second-order valence-corrected chi connectivity index (χ2v) is 6.65. The molecule has 130 valence electrons. The Morgan fingerprint density at radius 1 is 1.16 bits per heavy atom. The van der Waals surface area contributed by atoms with E-state index >= 15 is 0 Å². The number of aryl methyl sites for hydroxylation is 1. The molecule has 0 aliphatic heterocycles. The van der Waals surface area contributed by atoms with Crippen LogP contribution in [-0.4, -0.2) is 11.0 Å². The summed E-state index contributed by atoms with van der Waals surface area (Å²) >= 11 is 1.57. The van der Waals surface area contributed by atoms with Crippen molar-refractivity contribution in [3.63, 3.8) is 0 Å². The SMILES string of the molecule is Cc1nc2cc(NC(=O)NCc3ccc(C(F)(F)F)cc3)ccc2s1. The van der Waals surface area contributed by atoms with Gasteiger partial charge in [0.05, 0.1) is 20.8 Å². The first-order chi connectivity index (χ1) is 11.8. The molecule has 0 aliphatic rings. The van der Waals surface area contributed by atoms with E-state index in [0.717, 1.165) is 27.4 Å². The van der Waals surface area contributed by atoms with Crippen LogP contribution in [0.5, 0.6) is 0 Å². The molecule has 0 radical (unpaired) electrons. The number of carbonyl (C=O) groups excluding carboxylic acids is 1. The van der Waals surface area contributed by atoms with Crippen molar-refractivity contribution in [3.8, 4) is 0 Å². The summed E-state index contributed by atoms with van der Waals surface area (Å²) in [7, 11) is 0. The van der Waals surface area contributed by atoms with Crippen molar-refractivity contribution in [2.45, 2.75) is 19.6 Å². The topological polar surface area (TPSA) is 54.0 Å². The minimum absolute atomic E-state index is 0.127. The average Bonchev–Trinajstić information content (AvgIpc) is 2.92. The molecule has 0 atom stereocenters. The van der Waals surface area contributed by atoms with Gasteiger partial charge in [-0.05, 0) is 42.8 Å². The third kappa shape index (κ3) is 4.27. The summed E-state index contributed by atoms with van der Waals surface area (Å²) in [6, 6.07) is 9.66. The van der Waals surface area contributed by atoms with Crippen molar-refractivity contribution in [1.29, 1.82) is 0 Å². The number of urea groups is 1. The lowest BCUT2D eigenvalue weighted by Crippen LogP contribution is -2.28. The number of amides is 2. The van der Waals surface area contributed by atoms with Crippen LogP contribution in [-0.2, 0) is 12.7 Å². The second kappa shape index (κ2) is 6.72. The van der Waals surface area contributed by atoms with Crippen LogP contribution in [0.1, 0.15) is 16.1 Å². The quantitative estimate of drug-likeness (QED) is 0.690. The highest BCUT2D eigenvalue weighted by Crippen LogP contribution is 2.29. The molecule has 0 bridgehead atoms. The van der Waals surface area contributed by atoms with E-state index in [1.54, 1.807) is 23.5 Å². The fraction of sp³-hybridized carbons (Fsp3) is 0.176. The van der Waals surface area contributed by atoms with Crippen LogP contribution in [0.4, 0.5) is 23.7 Å². The van der Waals surface area contributed by atoms with E-state index in [2.05, 4.69) is 15.6 Å². The number of nitrogens with one attached hydrogen (secondary N) is 2. The summed E-state index contributed by atoms with van der Waals surface area (Å²) in [5.74, 6) is 0. The third-order valence-electron chi connectivity index (χ3n) is 3.49. The van der Waals surface area contributed by atoms with Crippen molar-refractivity contribution in [2.24, 2.45) is 0 Å². The molecule has 0 spiro atoms. The van der Waals surface area contributed by atoms with E-state index in [-0.39, 0.29) is 6.54 Å². The fourth-order valence-corrected chi connectivity index (χ4v) is 3.10. The van der Waals surface area contributed by atoms with Crippen LogP contribution >= 0.6 is 11.3 Å². The normalized spacial score (nSPS) is 11.5. The number of hydrogen-bond acceptors (Lipinski definition) is 3. The standard InChI is InChI=1S/C17H14F3N3OS/c1-10-22-14-8-13(6-7-15(14)25-10)23-16(24)21-9-11-2-4-12(5-3-11)17(18,19)20/h2-8H,9H2,1H3,(H2,21,23,24). The third-order valence-corrected chi connectivity index (χ3v) is 4.44. The molecule has 4 nitrogen and oxygen atoms in total. The van der Waals surface area contributed by atoms with Gasteiger partial charge >= 0.3 is 12.2 Å². The second-order valence-electron chi connectivity index (χ2n) is 5.42. The maximum Gasteiger partial charge on any atom is 0.416 e. The van der Waals surface area contributed by atoms with Crippen LogP contribution in [0, 0.1) is 6.92 Å². The van der Waals surface area contributed by atoms with E-state index in [1.165, 1.54) is 12.1 Å². The van der Waals surface area contributed by atoms with Gasteiger partial charge in [0, 0.05) is 12.2 Å². The molecular formula is C17H14F3N3OS. The first kappa shape index (κ1) is 17.2. The van der Waals surface area contributed by atoms with Crippen molar-refractivity contribution < 1.29 is 18.0 Å². The molecule has 0 fully saturated rings. The molecule has 1 heterocycles. The van der Waals surface area contributed by atoms with Crippen molar-refractivity contribution in [1.82, 2.24) is 10.3 Å². The summed E-state index contributed by atoms with van der Waals surface area (Å²) in [4.78, 5) is 16.3. The zero-order chi connectivity index (χ0) is 18.0. The summed E-state index contributed by atoms with van der Waals surface area (Å²) in [6.45, 7) is 2.04. The highest BCUT2D eigenvalue weighted by Gasteiger charge is 2.29. The highest BCUT2D eigenvalue weighted by molar-refractivity contribution is 7.18. The van der Waals surface area contributed by atoms with Crippen molar-refractivity contribution in [2.75, 3.05) is 5.32 Å². The van der Waals surface area contributed by atoms with Gasteiger partial charge in [0.25, 0.3) is 0 Å². The minimum atomic E-state index is -4.37.